The number of benzene rings is 3. The zero-order chi connectivity index (χ0) is 30.1. The van der Waals surface area contributed by atoms with Crippen LogP contribution in [0.3, 0.4) is 0 Å². The molecule has 4 unspecified atom stereocenters. The van der Waals surface area contributed by atoms with E-state index in [-0.39, 0.29) is 12.5 Å². The number of hydrogen-bond acceptors (Lipinski definition) is 5. The van der Waals surface area contributed by atoms with Crippen molar-refractivity contribution >= 4 is 29.0 Å². The minimum atomic E-state index is -1.70. The second-order valence-corrected chi connectivity index (χ2v) is 11.8. The number of anilines is 2. The van der Waals surface area contributed by atoms with E-state index in [0.717, 1.165) is 22.3 Å². The molecule has 3 N–H and O–H groups in total. The van der Waals surface area contributed by atoms with Gasteiger partial charge >= 0.3 is 0 Å². The fourth-order valence-electron chi connectivity index (χ4n) is 5.89. The molecule has 7 heteroatoms. The summed E-state index contributed by atoms with van der Waals surface area (Å²) < 4.78 is 5.91. The summed E-state index contributed by atoms with van der Waals surface area (Å²) in [6.45, 7) is 13.0. The normalized spacial score (nSPS) is 22.4. The van der Waals surface area contributed by atoms with Crippen LogP contribution >= 0.6 is 0 Å². The largest absolute Gasteiger partial charge is 0.491 e. The van der Waals surface area contributed by atoms with Crippen LogP contribution in [-0.4, -0.2) is 34.4 Å². The number of hydrogen-bond donors (Lipinski definition) is 3. The topological polar surface area (TPSA) is 105 Å². The number of Topliss-reactive ketones (excluding diaryl/α,β-unsaturated/α-hetero) is 1. The number of aryl methyl sites for hydroxylation is 4. The van der Waals surface area contributed by atoms with Gasteiger partial charge in [0.05, 0.1) is 17.6 Å². The van der Waals surface area contributed by atoms with Gasteiger partial charge in [-0.25, -0.2) is 0 Å². The predicted molar refractivity (Wildman–Crippen MR) is 161 cm³/mol. The van der Waals surface area contributed by atoms with Gasteiger partial charge in [0.25, 0.3) is 0 Å². The van der Waals surface area contributed by atoms with Crippen LogP contribution < -0.4 is 15.4 Å². The summed E-state index contributed by atoms with van der Waals surface area (Å²) in [5.74, 6) is -4.10. The molecule has 7 nitrogen and oxygen atoms in total. The monoisotopic (exact) mass is 556 g/mol. The third kappa shape index (κ3) is 6.68. The van der Waals surface area contributed by atoms with Crippen molar-refractivity contribution in [2.24, 2.45) is 11.8 Å². The van der Waals surface area contributed by atoms with Crippen molar-refractivity contribution in [3.05, 3.63) is 88.5 Å². The molecule has 0 radical (unpaired) electrons. The first-order chi connectivity index (χ1) is 19.3. The van der Waals surface area contributed by atoms with Crippen molar-refractivity contribution in [2.75, 3.05) is 10.6 Å². The molecule has 0 saturated heterocycles. The Bertz CT molecular complexity index is 1480. The maximum Gasteiger partial charge on any atom is 0.235 e. The quantitative estimate of drug-likeness (QED) is 0.309. The summed E-state index contributed by atoms with van der Waals surface area (Å²) in [6, 6.07) is 18.4. The molecule has 1 saturated carbocycles. The third-order valence-corrected chi connectivity index (χ3v) is 7.73. The minimum Gasteiger partial charge on any atom is -0.491 e. The summed E-state index contributed by atoms with van der Waals surface area (Å²) in [6.07, 6.45) is -0.435. The predicted octanol–water partition coefficient (Wildman–Crippen LogP) is 6.02. The zero-order valence-corrected chi connectivity index (χ0v) is 24.9. The first kappa shape index (κ1) is 30.0. The molecule has 1 aliphatic carbocycles. The molecule has 1 fully saturated rings. The third-order valence-electron chi connectivity index (χ3n) is 7.73. The number of carbonyl (C=O) groups is 3. The number of carbonyl (C=O) groups excluding carboxylic acids is 3. The molecular formula is C34H40N2O5. The fraction of sp³-hybridized carbons (Fsp3) is 0.382. The van der Waals surface area contributed by atoms with Crippen molar-refractivity contribution in [3.63, 3.8) is 0 Å². The van der Waals surface area contributed by atoms with Gasteiger partial charge in [-0.05, 0) is 89.4 Å². The summed E-state index contributed by atoms with van der Waals surface area (Å²) in [5, 5.41) is 17.5. The smallest absolute Gasteiger partial charge is 0.235 e. The van der Waals surface area contributed by atoms with Crippen molar-refractivity contribution < 1.29 is 24.2 Å². The molecule has 0 spiro atoms. The number of ketones is 1. The summed E-state index contributed by atoms with van der Waals surface area (Å²) in [5.41, 5.74) is 3.91. The molecule has 2 amide bonds. The highest BCUT2D eigenvalue weighted by atomic mass is 16.5. The summed E-state index contributed by atoms with van der Waals surface area (Å²) in [4.78, 5) is 41.6. The highest BCUT2D eigenvalue weighted by Crippen LogP contribution is 2.47. The first-order valence-electron chi connectivity index (χ1n) is 14.0. The molecule has 4 rings (SSSR count). The first-order valence-corrected chi connectivity index (χ1v) is 14.0. The molecule has 0 heterocycles. The maximum atomic E-state index is 14.0. The van der Waals surface area contributed by atoms with E-state index in [9.17, 15) is 19.5 Å². The molecule has 0 aliphatic heterocycles. The molecule has 1 aliphatic rings. The molecule has 4 atom stereocenters. The minimum absolute atomic E-state index is 0.103. The van der Waals surface area contributed by atoms with E-state index in [1.807, 2.05) is 77.9 Å². The van der Waals surface area contributed by atoms with E-state index in [1.54, 1.807) is 24.3 Å². The van der Waals surface area contributed by atoms with Crippen LogP contribution in [0.5, 0.6) is 5.75 Å². The number of ether oxygens (including phenoxy) is 1. The van der Waals surface area contributed by atoms with Gasteiger partial charge in [-0.1, -0.05) is 47.5 Å². The van der Waals surface area contributed by atoms with Gasteiger partial charge in [0.1, 0.15) is 17.5 Å². The van der Waals surface area contributed by atoms with Crippen LogP contribution in [0.25, 0.3) is 0 Å². The fourth-order valence-corrected chi connectivity index (χ4v) is 5.89. The van der Waals surface area contributed by atoms with Gasteiger partial charge < -0.3 is 20.5 Å². The molecule has 216 valence electrons. The van der Waals surface area contributed by atoms with Gasteiger partial charge in [0.2, 0.25) is 11.8 Å². The van der Waals surface area contributed by atoms with E-state index in [0.29, 0.717) is 22.7 Å². The Morgan fingerprint density at radius 1 is 0.878 bits per heavy atom. The lowest BCUT2D eigenvalue weighted by molar-refractivity contribution is -0.150. The second-order valence-electron chi connectivity index (χ2n) is 11.8. The Balaban J connectivity index is 1.81. The lowest BCUT2D eigenvalue weighted by atomic mass is 9.61. The van der Waals surface area contributed by atoms with Crippen LogP contribution in [0.4, 0.5) is 11.4 Å². The van der Waals surface area contributed by atoms with Gasteiger partial charge in [0, 0.05) is 23.7 Å². The molecule has 41 heavy (non-hydrogen) atoms. The molecule has 3 aromatic rings. The van der Waals surface area contributed by atoms with Crippen LogP contribution in [0.1, 0.15) is 60.9 Å². The molecule has 0 bridgehead atoms. The lowest BCUT2D eigenvalue weighted by Crippen LogP contribution is -2.56. The highest BCUT2D eigenvalue weighted by Gasteiger charge is 2.56. The van der Waals surface area contributed by atoms with E-state index >= 15 is 0 Å². The number of amides is 2. The van der Waals surface area contributed by atoms with Crippen LogP contribution in [0, 0.1) is 39.5 Å². The summed E-state index contributed by atoms with van der Waals surface area (Å²) >= 11 is 0. The number of nitrogens with one attached hydrogen (secondary N) is 2. The lowest BCUT2D eigenvalue weighted by Gasteiger charge is -2.44. The van der Waals surface area contributed by atoms with E-state index in [1.165, 1.54) is 6.92 Å². The Hall–Kier alpha value is -3.97. The van der Waals surface area contributed by atoms with E-state index in [2.05, 4.69) is 10.6 Å². The van der Waals surface area contributed by atoms with Gasteiger partial charge in [-0.3, -0.25) is 14.4 Å². The van der Waals surface area contributed by atoms with Gasteiger partial charge in [0.15, 0.2) is 0 Å². The molecular weight excluding hydrogens is 516 g/mol. The highest BCUT2D eigenvalue weighted by molar-refractivity contribution is 6.10. The zero-order valence-electron chi connectivity index (χ0n) is 24.9. The molecule has 3 aromatic carbocycles. The van der Waals surface area contributed by atoms with Gasteiger partial charge in [-0.2, -0.15) is 0 Å². The SMILES string of the molecule is Cc1ccc(NC(=O)C2C(=O)CC(C)(O)C(C(=O)Nc3ccc(C)cc3C)C2c2cccc(OC(C)C)c2)c(C)c1. The Kier molecular flexibility index (Phi) is 8.69. The van der Waals surface area contributed by atoms with Crippen molar-refractivity contribution in [3.8, 4) is 5.75 Å². The van der Waals surface area contributed by atoms with Gasteiger partial charge in [-0.15, -0.1) is 0 Å². The standard InChI is InChI=1S/C34H40N2O5/c1-19(2)41-25-10-8-9-24(17-25)29-30(32(38)35-26-13-11-20(3)15-22(26)5)28(37)18-34(7,40)31(29)33(39)36-27-14-12-21(4)16-23(27)6/h8-17,19,29-31,40H,18H2,1-7H3,(H,35,38)(H,36,39). The van der Waals surface area contributed by atoms with Crippen molar-refractivity contribution in [1.29, 1.82) is 0 Å². The Morgan fingerprint density at radius 3 is 1.98 bits per heavy atom. The average Bonchev–Trinajstić information content (AvgIpc) is 2.86. The van der Waals surface area contributed by atoms with E-state index in [4.69, 9.17) is 4.74 Å². The van der Waals surface area contributed by atoms with Crippen molar-refractivity contribution in [1.82, 2.24) is 0 Å². The number of rotatable bonds is 7. The van der Waals surface area contributed by atoms with E-state index < -0.39 is 41.0 Å². The average molecular weight is 557 g/mol. The van der Waals surface area contributed by atoms with Crippen molar-refractivity contribution in [2.45, 2.75) is 72.5 Å². The van der Waals surface area contributed by atoms with Crippen LogP contribution in [0.15, 0.2) is 60.7 Å². The molecule has 0 aromatic heterocycles. The number of aliphatic hydroxyl groups is 1. The Morgan fingerprint density at radius 2 is 1.44 bits per heavy atom. The maximum absolute atomic E-state index is 14.0. The van der Waals surface area contributed by atoms with Crippen LogP contribution in [0.2, 0.25) is 0 Å². The van der Waals surface area contributed by atoms with Crippen LogP contribution in [-0.2, 0) is 14.4 Å². The second kappa shape index (κ2) is 11.9. The Labute approximate surface area is 242 Å². The summed E-state index contributed by atoms with van der Waals surface area (Å²) in [7, 11) is 0.